The van der Waals surface area contributed by atoms with E-state index in [2.05, 4.69) is 32.3 Å². The zero-order valence-corrected chi connectivity index (χ0v) is 22.3. The van der Waals surface area contributed by atoms with E-state index in [1.54, 1.807) is 6.20 Å². The normalized spacial score (nSPS) is 13.9. The summed E-state index contributed by atoms with van der Waals surface area (Å²) in [5, 5.41) is 3.30. The molecule has 2 heterocycles. The number of carbonyl (C=O) groups is 2. The number of nitrogens with one attached hydrogen (secondary N) is 1. The number of hydrogen-bond acceptors (Lipinski definition) is 6. The summed E-state index contributed by atoms with van der Waals surface area (Å²) in [6.45, 7) is 11.1. The second-order valence-electron chi connectivity index (χ2n) is 10.6. The summed E-state index contributed by atoms with van der Waals surface area (Å²) in [4.78, 5) is 37.8. The predicted molar refractivity (Wildman–Crippen MR) is 149 cm³/mol. The van der Waals surface area contributed by atoms with E-state index in [0.29, 0.717) is 18.8 Å². The van der Waals surface area contributed by atoms with Crippen LogP contribution >= 0.6 is 0 Å². The average Bonchev–Trinajstić information content (AvgIpc) is 2.89. The van der Waals surface area contributed by atoms with Crippen LogP contribution in [0.25, 0.3) is 11.3 Å². The predicted octanol–water partition coefficient (Wildman–Crippen LogP) is 5.49. The van der Waals surface area contributed by atoms with Crippen LogP contribution in [0.1, 0.15) is 46.1 Å². The molecular weight excluding hydrogens is 462 g/mol. The molecule has 2 aromatic carbocycles. The molecule has 0 aliphatic carbocycles. The number of aromatic nitrogens is 2. The molecule has 194 valence electrons. The van der Waals surface area contributed by atoms with Crippen LogP contribution in [0.4, 0.5) is 17.3 Å². The molecule has 1 N–H and O–H groups in total. The van der Waals surface area contributed by atoms with Gasteiger partial charge in [0.15, 0.2) is 0 Å². The number of nitrogens with zero attached hydrogens (tertiary/aromatic N) is 4. The zero-order valence-electron chi connectivity index (χ0n) is 22.3. The summed E-state index contributed by atoms with van der Waals surface area (Å²) in [5.41, 5.74) is 4.54. The topological polar surface area (TPSA) is 78.4 Å². The zero-order chi connectivity index (χ0) is 26.4. The average molecular weight is 500 g/mol. The first-order valence-electron chi connectivity index (χ1n) is 13.1. The van der Waals surface area contributed by atoms with Gasteiger partial charge in [-0.05, 0) is 42.3 Å². The molecule has 0 unspecified atom stereocenters. The lowest BCUT2D eigenvalue weighted by Crippen LogP contribution is -2.51. The molecule has 0 atom stereocenters. The van der Waals surface area contributed by atoms with Gasteiger partial charge in [-0.1, -0.05) is 52.0 Å². The fourth-order valence-electron chi connectivity index (χ4n) is 4.49. The molecule has 37 heavy (non-hydrogen) atoms. The lowest BCUT2D eigenvalue weighted by molar-refractivity contribution is -0.139. The van der Waals surface area contributed by atoms with Gasteiger partial charge in [-0.2, -0.15) is 0 Å². The number of amides is 1. The summed E-state index contributed by atoms with van der Waals surface area (Å²) in [5.74, 6) is 1.02. The van der Waals surface area contributed by atoms with Crippen LogP contribution in [-0.4, -0.2) is 52.7 Å². The van der Waals surface area contributed by atoms with E-state index in [9.17, 15) is 9.59 Å². The van der Waals surface area contributed by atoms with E-state index >= 15 is 0 Å². The third-order valence-electron chi connectivity index (χ3n) is 6.53. The van der Waals surface area contributed by atoms with Gasteiger partial charge in [-0.3, -0.25) is 9.59 Å². The summed E-state index contributed by atoms with van der Waals surface area (Å²) in [7, 11) is 0. The van der Waals surface area contributed by atoms with Gasteiger partial charge in [-0.15, -0.1) is 0 Å². The maximum absolute atomic E-state index is 12.5. The van der Waals surface area contributed by atoms with Crippen molar-refractivity contribution in [1.82, 2.24) is 14.9 Å². The number of benzene rings is 2. The Kier molecular flexibility index (Phi) is 8.21. The molecular formula is C30H37N5O2. The second kappa shape index (κ2) is 11.5. The van der Waals surface area contributed by atoms with Gasteiger partial charge in [0.2, 0.25) is 11.9 Å². The third-order valence-corrected chi connectivity index (χ3v) is 6.53. The standard InChI is InChI=1S/C30H37N5O2/c1-5-6-26(36)21-22-7-9-23(10-8-22)27-15-16-31-29(33-27)32-24-11-13-25(14-12-24)34-17-19-35(20-18-34)28(37)30(2,3)4/h7-16H,5-6,17-21H2,1-4H3,(H,31,32,33). The smallest absolute Gasteiger partial charge is 0.228 e. The van der Waals surface area contributed by atoms with Crippen LogP contribution in [0.15, 0.2) is 60.8 Å². The Morgan fingerprint density at radius 3 is 2.22 bits per heavy atom. The lowest BCUT2D eigenvalue weighted by Gasteiger charge is -2.38. The second-order valence-corrected chi connectivity index (χ2v) is 10.6. The van der Waals surface area contributed by atoms with Crippen LogP contribution in [-0.2, 0) is 16.0 Å². The van der Waals surface area contributed by atoms with Crippen molar-refractivity contribution in [3.8, 4) is 11.3 Å². The summed E-state index contributed by atoms with van der Waals surface area (Å²) in [6, 6.07) is 18.1. The number of Topliss-reactive ketones (excluding diaryl/α,β-unsaturated/α-hetero) is 1. The van der Waals surface area contributed by atoms with Crippen molar-refractivity contribution >= 4 is 29.0 Å². The summed E-state index contributed by atoms with van der Waals surface area (Å²) >= 11 is 0. The number of carbonyl (C=O) groups excluding carboxylic acids is 2. The minimum absolute atomic E-state index is 0.215. The van der Waals surface area contributed by atoms with Crippen LogP contribution in [0, 0.1) is 5.41 Å². The van der Waals surface area contributed by atoms with Crippen molar-refractivity contribution < 1.29 is 9.59 Å². The molecule has 1 aliphatic rings. The van der Waals surface area contributed by atoms with E-state index < -0.39 is 0 Å². The molecule has 0 saturated carbocycles. The van der Waals surface area contributed by atoms with Crippen molar-refractivity contribution in [1.29, 1.82) is 0 Å². The molecule has 0 bridgehead atoms. The highest BCUT2D eigenvalue weighted by atomic mass is 16.2. The number of rotatable bonds is 8. The number of hydrogen-bond donors (Lipinski definition) is 1. The van der Waals surface area contributed by atoms with Crippen molar-refractivity contribution in [3.05, 3.63) is 66.4 Å². The molecule has 4 rings (SSSR count). The molecule has 1 aromatic heterocycles. The van der Waals surface area contributed by atoms with Gasteiger partial charge < -0.3 is 15.1 Å². The third kappa shape index (κ3) is 6.94. The Morgan fingerprint density at radius 1 is 0.919 bits per heavy atom. The molecule has 0 radical (unpaired) electrons. The summed E-state index contributed by atoms with van der Waals surface area (Å²) < 4.78 is 0. The largest absolute Gasteiger partial charge is 0.368 e. The van der Waals surface area contributed by atoms with Gasteiger partial charge in [0.05, 0.1) is 5.69 Å². The van der Waals surface area contributed by atoms with E-state index in [4.69, 9.17) is 0 Å². The Morgan fingerprint density at radius 2 is 1.59 bits per heavy atom. The van der Waals surface area contributed by atoms with Crippen LogP contribution in [0.3, 0.4) is 0 Å². The van der Waals surface area contributed by atoms with E-state index in [-0.39, 0.29) is 17.1 Å². The maximum Gasteiger partial charge on any atom is 0.228 e. The van der Waals surface area contributed by atoms with E-state index in [0.717, 1.165) is 60.8 Å². The highest BCUT2D eigenvalue weighted by molar-refractivity contribution is 5.82. The van der Waals surface area contributed by atoms with Crippen LogP contribution < -0.4 is 10.2 Å². The minimum Gasteiger partial charge on any atom is -0.368 e. The van der Waals surface area contributed by atoms with Gasteiger partial charge in [0.25, 0.3) is 0 Å². The van der Waals surface area contributed by atoms with Crippen molar-refractivity contribution in [3.63, 3.8) is 0 Å². The Bertz CT molecular complexity index is 1210. The van der Waals surface area contributed by atoms with Crippen molar-refractivity contribution in [2.45, 2.75) is 47.0 Å². The highest BCUT2D eigenvalue weighted by Gasteiger charge is 2.29. The van der Waals surface area contributed by atoms with Gasteiger partial charge in [-0.25, -0.2) is 9.97 Å². The van der Waals surface area contributed by atoms with E-state index in [1.807, 2.05) is 75.1 Å². The first kappa shape index (κ1) is 26.3. The molecule has 7 nitrogen and oxygen atoms in total. The summed E-state index contributed by atoms with van der Waals surface area (Å²) in [6.07, 6.45) is 3.73. The first-order valence-corrected chi connectivity index (χ1v) is 13.1. The quantitative estimate of drug-likeness (QED) is 0.441. The fraction of sp³-hybridized carbons (Fsp3) is 0.400. The first-order chi connectivity index (χ1) is 17.7. The molecule has 1 amide bonds. The molecule has 0 spiro atoms. The van der Waals surface area contributed by atoms with Crippen molar-refractivity contribution in [2.75, 3.05) is 36.4 Å². The van der Waals surface area contributed by atoms with Gasteiger partial charge >= 0.3 is 0 Å². The van der Waals surface area contributed by atoms with Gasteiger partial charge in [0.1, 0.15) is 5.78 Å². The Hall–Kier alpha value is -3.74. The fourth-order valence-corrected chi connectivity index (χ4v) is 4.49. The van der Waals surface area contributed by atoms with Gasteiger partial charge in [0, 0.05) is 67.6 Å². The Balaban J connectivity index is 1.35. The molecule has 3 aromatic rings. The number of ketones is 1. The van der Waals surface area contributed by atoms with E-state index in [1.165, 1.54) is 0 Å². The highest BCUT2D eigenvalue weighted by Crippen LogP contribution is 2.24. The molecule has 7 heteroatoms. The van der Waals surface area contributed by atoms with Crippen LogP contribution in [0.2, 0.25) is 0 Å². The maximum atomic E-state index is 12.5. The minimum atomic E-state index is -0.340. The molecule has 1 fully saturated rings. The molecule has 1 aliphatic heterocycles. The SMILES string of the molecule is CCCC(=O)Cc1ccc(-c2ccnc(Nc3ccc(N4CCN(C(=O)C(C)(C)C)CC4)cc3)n2)cc1. The van der Waals surface area contributed by atoms with Crippen molar-refractivity contribution in [2.24, 2.45) is 5.41 Å². The number of anilines is 3. The number of piperazine rings is 1. The van der Waals surface area contributed by atoms with Crippen LogP contribution in [0.5, 0.6) is 0 Å². The Labute approximate surface area is 219 Å². The monoisotopic (exact) mass is 499 g/mol. The molecule has 1 saturated heterocycles. The lowest BCUT2D eigenvalue weighted by atomic mass is 9.94.